The fourth-order valence-electron chi connectivity index (χ4n) is 4.15. The summed E-state index contributed by atoms with van der Waals surface area (Å²) < 4.78 is 0. The van der Waals surface area contributed by atoms with E-state index in [2.05, 4.69) is 15.2 Å². The summed E-state index contributed by atoms with van der Waals surface area (Å²) in [6, 6.07) is 12.6. The number of carbonyl (C=O) groups excluding carboxylic acids is 1. The van der Waals surface area contributed by atoms with Crippen LogP contribution >= 0.6 is 0 Å². The van der Waals surface area contributed by atoms with E-state index in [9.17, 15) is 4.79 Å². The van der Waals surface area contributed by atoms with Crippen molar-refractivity contribution in [1.29, 1.82) is 0 Å². The Labute approximate surface area is 154 Å². The van der Waals surface area contributed by atoms with Crippen LogP contribution in [-0.4, -0.2) is 41.0 Å². The molecule has 1 aromatic carbocycles. The SMILES string of the molecule is Nc1ccccc1-c1ccc(C(=O)NCC2CCN2C2CCCC2)nc1. The molecule has 1 amide bonds. The monoisotopic (exact) mass is 350 g/mol. The van der Waals surface area contributed by atoms with Gasteiger partial charge < -0.3 is 11.1 Å². The Morgan fingerprint density at radius 3 is 2.62 bits per heavy atom. The Morgan fingerprint density at radius 2 is 1.96 bits per heavy atom. The van der Waals surface area contributed by atoms with Gasteiger partial charge in [-0.1, -0.05) is 37.1 Å². The maximum absolute atomic E-state index is 12.4. The van der Waals surface area contributed by atoms with Gasteiger partial charge in [-0.3, -0.25) is 14.7 Å². The summed E-state index contributed by atoms with van der Waals surface area (Å²) in [5.41, 5.74) is 9.03. The van der Waals surface area contributed by atoms with Crippen LogP contribution in [-0.2, 0) is 0 Å². The number of para-hydroxylation sites is 1. The van der Waals surface area contributed by atoms with E-state index in [-0.39, 0.29) is 5.91 Å². The number of pyridine rings is 1. The first kappa shape index (κ1) is 17.0. The second-order valence-electron chi connectivity index (χ2n) is 7.35. The molecule has 0 spiro atoms. The summed E-state index contributed by atoms with van der Waals surface area (Å²) in [4.78, 5) is 19.3. The van der Waals surface area contributed by atoms with Crippen LogP contribution in [0.25, 0.3) is 11.1 Å². The molecule has 1 saturated heterocycles. The van der Waals surface area contributed by atoms with Crippen LogP contribution in [0.3, 0.4) is 0 Å². The van der Waals surface area contributed by atoms with Crippen molar-refractivity contribution in [1.82, 2.24) is 15.2 Å². The molecule has 1 atom stereocenters. The summed E-state index contributed by atoms with van der Waals surface area (Å²) in [6.07, 6.45) is 8.22. The summed E-state index contributed by atoms with van der Waals surface area (Å²) in [7, 11) is 0. The van der Waals surface area contributed by atoms with Crippen molar-refractivity contribution in [2.24, 2.45) is 0 Å². The van der Waals surface area contributed by atoms with E-state index in [0.29, 0.717) is 24.0 Å². The molecule has 1 saturated carbocycles. The van der Waals surface area contributed by atoms with Gasteiger partial charge in [0, 0.05) is 48.2 Å². The zero-order chi connectivity index (χ0) is 17.9. The van der Waals surface area contributed by atoms with Crippen molar-refractivity contribution in [3.8, 4) is 11.1 Å². The van der Waals surface area contributed by atoms with Crippen LogP contribution in [0.1, 0.15) is 42.6 Å². The average Bonchev–Trinajstić information content (AvgIpc) is 3.15. The molecule has 4 rings (SSSR count). The first-order valence-corrected chi connectivity index (χ1v) is 9.57. The molecule has 2 aliphatic rings. The fraction of sp³-hybridized carbons (Fsp3) is 0.429. The molecule has 0 radical (unpaired) electrons. The largest absolute Gasteiger partial charge is 0.398 e. The molecule has 5 heteroatoms. The first-order chi connectivity index (χ1) is 12.7. The molecule has 1 unspecified atom stereocenters. The number of nitrogen functional groups attached to an aromatic ring is 1. The predicted molar refractivity (Wildman–Crippen MR) is 104 cm³/mol. The number of amides is 1. The van der Waals surface area contributed by atoms with Gasteiger partial charge >= 0.3 is 0 Å². The molecule has 26 heavy (non-hydrogen) atoms. The lowest BCUT2D eigenvalue weighted by Crippen LogP contribution is -2.56. The van der Waals surface area contributed by atoms with Gasteiger partial charge in [-0.25, -0.2) is 0 Å². The standard InChI is InChI=1S/C21H26N4O/c22-19-8-4-3-7-18(19)15-9-10-20(23-13-15)21(26)24-14-17-11-12-25(17)16-5-1-2-6-16/h3-4,7-10,13,16-17H,1-2,5-6,11-12,14,22H2,(H,24,26). The maximum atomic E-state index is 12.4. The van der Waals surface area contributed by atoms with Gasteiger partial charge in [-0.05, 0) is 31.4 Å². The normalized spacial score (nSPS) is 20.7. The van der Waals surface area contributed by atoms with Gasteiger partial charge in [-0.2, -0.15) is 0 Å². The van der Waals surface area contributed by atoms with E-state index in [1.54, 1.807) is 12.3 Å². The number of benzene rings is 1. The van der Waals surface area contributed by atoms with Gasteiger partial charge in [0.05, 0.1) is 0 Å². The third kappa shape index (κ3) is 3.44. The first-order valence-electron chi connectivity index (χ1n) is 9.57. The van der Waals surface area contributed by atoms with E-state index in [1.807, 2.05) is 30.3 Å². The molecule has 1 aromatic heterocycles. The Morgan fingerprint density at radius 1 is 1.15 bits per heavy atom. The van der Waals surface area contributed by atoms with Crippen molar-refractivity contribution in [2.75, 3.05) is 18.8 Å². The van der Waals surface area contributed by atoms with Crippen molar-refractivity contribution < 1.29 is 4.79 Å². The number of carbonyl (C=O) groups is 1. The molecule has 3 N–H and O–H groups in total. The number of nitrogens with one attached hydrogen (secondary N) is 1. The Balaban J connectivity index is 1.34. The van der Waals surface area contributed by atoms with Crippen molar-refractivity contribution in [3.63, 3.8) is 0 Å². The second-order valence-corrected chi connectivity index (χ2v) is 7.35. The van der Waals surface area contributed by atoms with Crippen LogP contribution < -0.4 is 11.1 Å². The Bertz CT molecular complexity index is 768. The van der Waals surface area contributed by atoms with Gasteiger partial charge in [-0.15, -0.1) is 0 Å². The molecule has 0 bridgehead atoms. The van der Waals surface area contributed by atoms with Gasteiger partial charge in [0.25, 0.3) is 5.91 Å². The van der Waals surface area contributed by atoms with E-state index >= 15 is 0 Å². The number of anilines is 1. The summed E-state index contributed by atoms with van der Waals surface area (Å²) in [5, 5.41) is 3.06. The van der Waals surface area contributed by atoms with Crippen LogP contribution in [0.2, 0.25) is 0 Å². The molecule has 2 aromatic rings. The highest BCUT2D eigenvalue weighted by Crippen LogP contribution is 2.30. The third-order valence-corrected chi connectivity index (χ3v) is 5.75. The minimum absolute atomic E-state index is 0.101. The zero-order valence-corrected chi connectivity index (χ0v) is 15.0. The van der Waals surface area contributed by atoms with Crippen LogP contribution in [0.5, 0.6) is 0 Å². The van der Waals surface area contributed by atoms with Crippen LogP contribution in [0, 0.1) is 0 Å². The van der Waals surface area contributed by atoms with Crippen LogP contribution in [0.15, 0.2) is 42.6 Å². The van der Waals surface area contributed by atoms with Gasteiger partial charge in [0.2, 0.25) is 0 Å². The number of rotatable bonds is 5. The third-order valence-electron chi connectivity index (χ3n) is 5.75. The second kappa shape index (κ2) is 7.46. The quantitative estimate of drug-likeness (QED) is 0.813. The van der Waals surface area contributed by atoms with Gasteiger partial charge in [0.15, 0.2) is 0 Å². The summed E-state index contributed by atoms with van der Waals surface area (Å²) in [5.74, 6) is -0.101. The van der Waals surface area contributed by atoms with Crippen molar-refractivity contribution >= 4 is 11.6 Å². The van der Waals surface area contributed by atoms with Crippen LogP contribution in [0.4, 0.5) is 5.69 Å². The molecule has 1 aliphatic heterocycles. The molecular formula is C21H26N4O. The highest BCUT2D eigenvalue weighted by Gasteiger charge is 2.35. The Kier molecular flexibility index (Phi) is 4.89. The fourth-order valence-corrected chi connectivity index (χ4v) is 4.15. The number of nitrogens with two attached hydrogens (primary N) is 1. The average molecular weight is 350 g/mol. The molecule has 5 nitrogen and oxygen atoms in total. The topological polar surface area (TPSA) is 71.2 Å². The molecule has 2 fully saturated rings. The van der Waals surface area contributed by atoms with E-state index in [4.69, 9.17) is 5.73 Å². The Hall–Kier alpha value is -2.40. The number of aromatic nitrogens is 1. The van der Waals surface area contributed by atoms with E-state index in [1.165, 1.54) is 38.6 Å². The molecule has 136 valence electrons. The van der Waals surface area contributed by atoms with E-state index in [0.717, 1.165) is 17.2 Å². The van der Waals surface area contributed by atoms with E-state index < -0.39 is 0 Å². The van der Waals surface area contributed by atoms with Crippen molar-refractivity contribution in [2.45, 2.75) is 44.2 Å². The number of likely N-dealkylation sites (tertiary alicyclic amines) is 1. The number of nitrogens with zero attached hydrogens (tertiary/aromatic N) is 2. The highest BCUT2D eigenvalue weighted by molar-refractivity contribution is 5.92. The zero-order valence-electron chi connectivity index (χ0n) is 15.0. The lowest BCUT2D eigenvalue weighted by Gasteiger charge is -2.45. The minimum atomic E-state index is -0.101. The lowest BCUT2D eigenvalue weighted by molar-refractivity contribution is 0.0425. The summed E-state index contributed by atoms with van der Waals surface area (Å²) in [6.45, 7) is 1.89. The minimum Gasteiger partial charge on any atom is -0.398 e. The molecular weight excluding hydrogens is 324 g/mol. The lowest BCUT2D eigenvalue weighted by atomic mass is 9.98. The number of hydrogen-bond acceptors (Lipinski definition) is 4. The highest BCUT2D eigenvalue weighted by atomic mass is 16.1. The van der Waals surface area contributed by atoms with Gasteiger partial charge in [0.1, 0.15) is 5.69 Å². The smallest absolute Gasteiger partial charge is 0.269 e. The maximum Gasteiger partial charge on any atom is 0.269 e. The molecule has 1 aliphatic carbocycles. The van der Waals surface area contributed by atoms with Crippen molar-refractivity contribution in [3.05, 3.63) is 48.3 Å². The predicted octanol–water partition coefficient (Wildman–Crippen LogP) is 3.08. The summed E-state index contributed by atoms with van der Waals surface area (Å²) >= 11 is 0. The number of hydrogen-bond donors (Lipinski definition) is 2. The molecule has 2 heterocycles.